The Morgan fingerprint density at radius 3 is 3.07 bits per heavy atom. The molecular formula is C9H13N5. The van der Waals surface area contributed by atoms with Crippen LogP contribution in [0.4, 0.5) is 5.95 Å². The monoisotopic (exact) mass is 191 g/mol. The third-order valence-electron chi connectivity index (χ3n) is 1.80. The Morgan fingerprint density at radius 1 is 1.64 bits per heavy atom. The van der Waals surface area contributed by atoms with E-state index in [1.54, 1.807) is 12.3 Å². The highest BCUT2D eigenvalue weighted by Crippen LogP contribution is 2.03. The molecule has 0 bridgehead atoms. The van der Waals surface area contributed by atoms with Gasteiger partial charge in [-0.15, -0.1) is 0 Å². The standard InChI is InChI=1S/C9H13N5/c1-11-5-6-14(2)9-12-4-3-8(7-10)13-9/h3-4,11H,5-6H2,1-2H3. The van der Waals surface area contributed by atoms with Crippen LogP contribution in [0.25, 0.3) is 0 Å². The normalized spacial score (nSPS) is 9.50. The molecule has 0 unspecified atom stereocenters. The van der Waals surface area contributed by atoms with Crippen molar-refractivity contribution in [1.82, 2.24) is 15.3 Å². The van der Waals surface area contributed by atoms with Crippen LogP contribution in [0.3, 0.4) is 0 Å². The highest BCUT2D eigenvalue weighted by atomic mass is 15.2. The van der Waals surface area contributed by atoms with E-state index in [4.69, 9.17) is 5.26 Å². The summed E-state index contributed by atoms with van der Waals surface area (Å²) in [6.45, 7) is 1.67. The van der Waals surface area contributed by atoms with Crippen molar-refractivity contribution in [3.05, 3.63) is 18.0 Å². The lowest BCUT2D eigenvalue weighted by molar-refractivity contribution is 0.752. The molecule has 5 nitrogen and oxygen atoms in total. The maximum Gasteiger partial charge on any atom is 0.226 e. The van der Waals surface area contributed by atoms with Crippen molar-refractivity contribution in [2.75, 3.05) is 32.1 Å². The number of likely N-dealkylation sites (N-methyl/N-ethyl adjacent to an activating group) is 2. The van der Waals surface area contributed by atoms with Crippen LogP contribution < -0.4 is 10.2 Å². The molecular weight excluding hydrogens is 178 g/mol. The van der Waals surface area contributed by atoms with Gasteiger partial charge in [0.2, 0.25) is 5.95 Å². The van der Waals surface area contributed by atoms with Gasteiger partial charge in [0.25, 0.3) is 0 Å². The topological polar surface area (TPSA) is 64.8 Å². The minimum atomic E-state index is 0.395. The summed E-state index contributed by atoms with van der Waals surface area (Å²) in [6.07, 6.45) is 1.59. The van der Waals surface area contributed by atoms with Gasteiger partial charge in [-0.1, -0.05) is 0 Å². The first-order valence-electron chi connectivity index (χ1n) is 4.37. The van der Waals surface area contributed by atoms with Gasteiger partial charge in [0.1, 0.15) is 11.8 Å². The number of rotatable bonds is 4. The lowest BCUT2D eigenvalue weighted by Crippen LogP contribution is -2.28. The Hall–Kier alpha value is -1.67. The predicted octanol–water partition coefficient (Wildman–Crippen LogP) is 0.00388. The van der Waals surface area contributed by atoms with Crippen molar-refractivity contribution in [3.63, 3.8) is 0 Å². The van der Waals surface area contributed by atoms with Crippen molar-refractivity contribution < 1.29 is 0 Å². The van der Waals surface area contributed by atoms with Gasteiger partial charge in [-0.2, -0.15) is 5.26 Å². The number of nitrogens with one attached hydrogen (secondary N) is 1. The molecule has 0 aliphatic heterocycles. The Labute approximate surface area is 83.4 Å². The summed E-state index contributed by atoms with van der Waals surface area (Å²) in [5.41, 5.74) is 0.395. The van der Waals surface area contributed by atoms with Gasteiger partial charge in [-0.3, -0.25) is 0 Å². The second-order valence-electron chi connectivity index (χ2n) is 2.88. The van der Waals surface area contributed by atoms with E-state index in [1.807, 2.05) is 25.1 Å². The molecule has 0 saturated heterocycles. The predicted molar refractivity (Wildman–Crippen MR) is 53.9 cm³/mol. The number of aromatic nitrogens is 2. The summed E-state index contributed by atoms with van der Waals surface area (Å²) in [7, 11) is 3.79. The molecule has 0 aliphatic rings. The molecule has 5 heteroatoms. The summed E-state index contributed by atoms with van der Waals surface area (Å²) >= 11 is 0. The Kier molecular flexibility index (Phi) is 3.83. The fourth-order valence-electron chi connectivity index (χ4n) is 0.974. The smallest absolute Gasteiger partial charge is 0.226 e. The summed E-state index contributed by atoms with van der Waals surface area (Å²) in [5.74, 6) is 0.583. The van der Waals surface area contributed by atoms with E-state index in [1.165, 1.54) is 0 Å². The molecule has 1 aromatic heterocycles. The average molecular weight is 191 g/mol. The summed E-state index contributed by atoms with van der Waals surface area (Å²) < 4.78 is 0. The Balaban J connectivity index is 2.70. The van der Waals surface area contributed by atoms with E-state index in [0.29, 0.717) is 11.6 Å². The SMILES string of the molecule is CNCCN(C)c1nccc(C#N)n1. The van der Waals surface area contributed by atoms with Crippen molar-refractivity contribution in [2.45, 2.75) is 0 Å². The van der Waals surface area contributed by atoms with Gasteiger partial charge < -0.3 is 10.2 Å². The van der Waals surface area contributed by atoms with E-state index < -0.39 is 0 Å². The van der Waals surface area contributed by atoms with Crippen LogP contribution in [0.5, 0.6) is 0 Å². The molecule has 74 valence electrons. The number of hydrogen-bond donors (Lipinski definition) is 1. The highest BCUT2D eigenvalue weighted by Gasteiger charge is 2.03. The zero-order chi connectivity index (χ0) is 10.4. The maximum atomic E-state index is 8.65. The van der Waals surface area contributed by atoms with E-state index in [-0.39, 0.29) is 0 Å². The van der Waals surface area contributed by atoms with Gasteiger partial charge in [0.15, 0.2) is 0 Å². The van der Waals surface area contributed by atoms with Gasteiger partial charge in [-0.05, 0) is 13.1 Å². The second kappa shape index (κ2) is 5.14. The lowest BCUT2D eigenvalue weighted by atomic mass is 10.4. The van der Waals surface area contributed by atoms with E-state index in [0.717, 1.165) is 13.1 Å². The average Bonchev–Trinajstić information content (AvgIpc) is 2.26. The number of nitrogens with zero attached hydrogens (tertiary/aromatic N) is 4. The van der Waals surface area contributed by atoms with Crippen LogP contribution in [-0.4, -0.2) is 37.2 Å². The molecule has 0 aliphatic carbocycles. The van der Waals surface area contributed by atoms with Crippen LogP contribution in [-0.2, 0) is 0 Å². The Morgan fingerprint density at radius 2 is 2.43 bits per heavy atom. The molecule has 0 amide bonds. The molecule has 0 fully saturated rings. The van der Waals surface area contributed by atoms with Crippen LogP contribution in [0.1, 0.15) is 5.69 Å². The van der Waals surface area contributed by atoms with Crippen LogP contribution >= 0.6 is 0 Å². The van der Waals surface area contributed by atoms with Gasteiger partial charge in [0.05, 0.1) is 0 Å². The highest BCUT2D eigenvalue weighted by molar-refractivity contribution is 5.32. The zero-order valence-corrected chi connectivity index (χ0v) is 8.36. The molecule has 1 rings (SSSR count). The third kappa shape index (κ3) is 2.68. The molecule has 0 radical (unpaired) electrons. The Bertz CT molecular complexity index is 330. The van der Waals surface area contributed by atoms with Crippen molar-refractivity contribution in [3.8, 4) is 6.07 Å². The molecule has 0 saturated carbocycles. The quantitative estimate of drug-likeness (QED) is 0.726. The first kappa shape index (κ1) is 10.4. The van der Waals surface area contributed by atoms with Crippen LogP contribution in [0.2, 0.25) is 0 Å². The molecule has 0 aromatic carbocycles. The fourth-order valence-corrected chi connectivity index (χ4v) is 0.974. The van der Waals surface area contributed by atoms with E-state index in [2.05, 4.69) is 15.3 Å². The number of hydrogen-bond acceptors (Lipinski definition) is 5. The first-order valence-corrected chi connectivity index (χ1v) is 4.37. The largest absolute Gasteiger partial charge is 0.343 e. The lowest BCUT2D eigenvalue weighted by Gasteiger charge is -2.15. The number of anilines is 1. The van der Waals surface area contributed by atoms with Crippen molar-refractivity contribution in [1.29, 1.82) is 5.26 Å². The van der Waals surface area contributed by atoms with Crippen molar-refractivity contribution >= 4 is 5.95 Å². The summed E-state index contributed by atoms with van der Waals surface area (Å²) in [4.78, 5) is 10.0. The zero-order valence-electron chi connectivity index (χ0n) is 8.36. The molecule has 14 heavy (non-hydrogen) atoms. The molecule has 1 heterocycles. The van der Waals surface area contributed by atoms with Gasteiger partial charge >= 0.3 is 0 Å². The molecule has 1 aromatic rings. The molecule has 1 N–H and O–H groups in total. The number of nitriles is 1. The minimum absolute atomic E-state index is 0.395. The van der Waals surface area contributed by atoms with Gasteiger partial charge in [-0.25, -0.2) is 9.97 Å². The van der Waals surface area contributed by atoms with Crippen LogP contribution in [0.15, 0.2) is 12.3 Å². The van der Waals surface area contributed by atoms with E-state index >= 15 is 0 Å². The second-order valence-corrected chi connectivity index (χ2v) is 2.88. The van der Waals surface area contributed by atoms with Crippen LogP contribution in [0, 0.1) is 11.3 Å². The maximum absolute atomic E-state index is 8.65. The fraction of sp³-hybridized carbons (Fsp3) is 0.444. The van der Waals surface area contributed by atoms with Gasteiger partial charge in [0, 0.05) is 26.3 Å². The molecule has 0 spiro atoms. The first-order chi connectivity index (χ1) is 6.77. The van der Waals surface area contributed by atoms with E-state index in [9.17, 15) is 0 Å². The van der Waals surface area contributed by atoms with Crippen molar-refractivity contribution in [2.24, 2.45) is 0 Å². The minimum Gasteiger partial charge on any atom is -0.343 e. The summed E-state index contributed by atoms with van der Waals surface area (Å²) in [6, 6.07) is 3.58. The third-order valence-corrected chi connectivity index (χ3v) is 1.80. The summed E-state index contributed by atoms with van der Waals surface area (Å²) in [5, 5.41) is 11.7. The molecule has 0 atom stereocenters.